The van der Waals surface area contributed by atoms with E-state index in [4.69, 9.17) is 4.84 Å². The SMILES string of the molecule is C[C@]12CC[C@H]3[C@@H](CCC4=C/C(=N/OCC(=O)NCc5ccccn5)CC[C@@]43C)[C@@H]1CC[C@@H]2O. The number of aromatic nitrogens is 1. The van der Waals surface area contributed by atoms with Gasteiger partial charge in [-0.15, -0.1) is 0 Å². The third-order valence-corrected chi connectivity index (χ3v) is 9.50. The third-order valence-electron chi connectivity index (χ3n) is 9.50. The van der Waals surface area contributed by atoms with Crippen LogP contribution in [0.5, 0.6) is 0 Å². The molecule has 1 amide bonds. The summed E-state index contributed by atoms with van der Waals surface area (Å²) in [6.45, 7) is 5.12. The maximum atomic E-state index is 12.1. The van der Waals surface area contributed by atoms with Crippen molar-refractivity contribution in [3.63, 3.8) is 0 Å². The molecule has 5 rings (SSSR count). The summed E-state index contributed by atoms with van der Waals surface area (Å²) in [5.74, 6) is 1.93. The van der Waals surface area contributed by atoms with E-state index in [2.05, 4.69) is 35.4 Å². The molecule has 1 aromatic heterocycles. The van der Waals surface area contributed by atoms with E-state index >= 15 is 0 Å². The molecule has 0 aliphatic heterocycles. The standard InChI is InChI=1S/C27H37N3O3/c1-26-12-10-19(30-33-17-25(32)29-16-20-5-3-4-14-28-20)15-18(26)6-7-21-22-8-9-24(31)27(22,2)13-11-23(21)26/h3-5,14-15,21-24,31H,6-13,16-17H2,1-2H3,(H,29,32)/b30-19+/t21-,22-,23-,24-,26-,27-/m0/s1. The third kappa shape index (κ3) is 4.11. The molecule has 0 aromatic carbocycles. The summed E-state index contributed by atoms with van der Waals surface area (Å²) in [7, 11) is 0. The number of nitrogens with zero attached hydrogens (tertiary/aromatic N) is 2. The number of hydrogen-bond acceptors (Lipinski definition) is 5. The van der Waals surface area contributed by atoms with Gasteiger partial charge in [0.05, 0.1) is 24.1 Å². The van der Waals surface area contributed by atoms with E-state index in [-0.39, 0.29) is 29.4 Å². The van der Waals surface area contributed by atoms with E-state index in [1.165, 1.54) is 24.8 Å². The predicted molar refractivity (Wildman–Crippen MR) is 127 cm³/mol. The molecule has 3 saturated carbocycles. The van der Waals surface area contributed by atoms with Crippen molar-refractivity contribution < 1.29 is 14.7 Å². The zero-order chi connectivity index (χ0) is 23.1. The van der Waals surface area contributed by atoms with Crippen molar-refractivity contribution in [2.45, 2.75) is 77.9 Å². The second-order valence-electron chi connectivity index (χ2n) is 11.1. The highest BCUT2D eigenvalue weighted by atomic mass is 16.6. The first-order valence-corrected chi connectivity index (χ1v) is 12.6. The van der Waals surface area contributed by atoms with Crippen LogP contribution in [-0.4, -0.2) is 34.4 Å². The lowest BCUT2D eigenvalue weighted by molar-refractivity contribution is -0.125. The number of rotatable bonds is 5. The number of carbonyl (C=O) groups excluding carboxylic acids is 1. The fraction of sp³-hybridized carbons (Fsp3) is 0.667. The Morgan fingerprint density at radius 1 is 1.18 bits per heavy atom. The van der Waals surface area contributed by atoms with Gasteiger partial charge in [0.2, 0.25) is 0 Å². The molecule has 0 spiro atoms. The average Bonchev–Trinajstić information content (AvgIpc) is 3.13. The van der Waals surface area contributed by atoms with E-state index in [0.717, 1.165) is 49.4 Å². The van der Waals surface area contributed by atoms with Gasteiger partial charge in [-0.3, -0.25) is 9.78 Å². The van der Waals surface area contributed by atoms with Crippen molar-refractivity contribution in [3.8, 4) is 0 Å². The number of aliphatic hydroxyl groups excluding tert-OH is 1. The summed E-state index contributed by atoms with van der Waals surface area (Å²) in [6, 6.07) is 5.63. The second kappa shape index (κ2) is 8.86. The van der Waals surface area contributed by atoms with Crippen molar-refractivity contribution in [3.05, 3.63) is 41.7 Å². The summed E-state index contributed by atoms with van der Waals surface area (Å²) in [6.07, 6.45) is 12.7. The zero-order valence-electron chi connectivity index (χ0n) is 19.9. The lowest BCUT2D eigenvalue weighted by Crippen LogP contribution is -2.51. The number of fused-ring (bicyclic) bond motifs is 5. The number of hydrogen-bond donors (Lipinski definition) is 2. The van der Waals surface area contributed by atoms with Crippen LogP contribution in [-0.2, 0) is 16.2 Å². The number of nitrogens with one attached hydrogen (secondary N) is 1. The Morgan fingerprint density at radius 3 is 2.88 bits per heavy atom. The van der Waals surface area contributed by atoms with E-state index in [1.54, 1.807) is 6.20 Å². The molecule has 6 atom stereocenters. The van der Waals surface area contributed by atoms with Crippen molar-refractivity contribution >= 4 is 11.6 Å². The molecule has 0 unspecified atom stereocenters. The molecule has 6 heteroatoms. The van der Waals surface area contributed by atoms with Gasteiger partial charge in [-0.2, -0.15) is 0 Å². The normalized spacial score (nSPS) is 38.6. The van der Waals surface area contributed by atoms with Crippen LogP contribution in [0.2, 0.25) is 0 Å². The zero-order valence-corrected chi connectivity index (χ0v) is 19.9. The van der Waals surface area contributed by atoms with Crippen LogP contribution >= 0.6 is 0 Å². The molecule has 4 aliphatic rings. The fourth-order valence-electron chi connectivity index (χ4n) is 7.53. The quantitative estimate of drug-likeness (QED) is 0.650. The second-order valence-corrected chi connectivity index (χ2v) is 11.1. The fourth-order valence-corrected chi connectivity index (χ4v) is 7.53. The molecule has 178 valence electrons. The predicted octanol–water partition coefficient (Wildman–Crippen LogP) is 4.39. The molecule has 1 aromatic rings. The lowest BCUT2D eigenvalue weighted by Gasteiger charge is -2.57. The van der Waals surface area contributed by atoms with E-state index in [9.17, 15) is 9.90 Å². The highest BCUT2D eigenvalue weighted by Gasteiger charge is 2.58. The number of allylic oxidation sites excluding steroid dienone is 2. The summed E-state index contributed by atoms with van der Waals surface area (Å²) < 4.78 is 0. The van der Waals surface area contributed by atoms with Crippen LogP contribution in [0.3, 0.4) is 0 Å². The van der Waals surface area contributed by atoms with Crippen LogP contribution in [0.1, 0.15) is 70.9 Å². The molecule has 3 fully saturated rings. The molecule has 4 aliphatic carbocycles. The van der Waals surface area contributed by atoms with Gasteiger partial charge in [-0.05, 0) is 98.2 Å². The Bertz CT molecular complexity index is 945. The van der Waals surface area contributed by atoms with Crippen LogP contribution in [0, 0.1) is 28.6 Å². The van der Waals surface area contributed by atoms with Gasteiger partial charge in [0.1, 0.15) is 0 Å². The van der Waals surface area contributed by atoms with E-state index in [1.807, 2.05) is 18.2 Å². The van der Waals surface area contributed by atoms with E-state index < -0.39 is 0 Å². The molecule has 33 heavy (non-hydrogen) atoms. The van der Waals surface area contributed by atoms with Gasteiger partial charge in [0, 0.05) is 6.20 Å². The summed E-state index contributed by atoms with van der Waals surface area (Å²) >= 11 is 0. The number of oxime groups is 1. The van der Waals surface area contributed by atoms with Crippen molar-refractivity contribution in [1.82, 2.24) is 10.3 Å². The van der Waals surface area contributed by atoms with E-state index in [0.29, 0.717) is 18.4 Å². The first-order valence-electron chi connectivity index (χ1n) is 12.6. The summed E-state index contributed by atoms with van der Waals surface area (Å²) in [4.78, 5) is 21.7. The molecule has 0 saturated heterocycles. The lowest BCUT2D eigenvalue weighted by atomic mass is 9.47. The smallest absolute Gasteiger partial charge is 0.261 e. The Balaban J connectivity index is 1.19. The van der Waals surface area contributed by atoms with Gasteiger partial charge in [-0.1, -0.05) is 30.6 Å². The van der Waals surface area contributed by atoms with Gasteiger partial charge < -0.3 is 15.3 Å². The number of pyridine rings is 1. The number of amides is 1. The van der Waals surface area contributed by atoms with Crippen molar-refractivity contribution in [1.29, 1.82) is 0 Å². The minimum Gasteiger partial charge on any atom is -0.393 e. The first kappa shape index (κ1) is 22.6. The molecular weight excluding hydrogens is 414 g/mol. The molecule has 0 radical (unpaired) electrons. The highest BCUT2D eigenvalue weighted by Crippen LogP contribution is 2.65. The Morgan fingerprint density at radius 2 is 2.06 bits per heavy atom. The molecule has 0 bridgehead atoms. The van der Waals surface area contributed by atoms with Gasteiger partial charge >= 0.3 is 0 Å². The molecule has 6 nitrogen and oxygen atoms in total. The number of aliphatic hydroxyl groups is 1. The van der Waals surface area contributed by atoms with Crippen LogP contribution < -0.4 is 5.32 Å². The minimum absolute atomic E-state index is 0.0793. The summed E-state index contributed by atoms with van der Waals surface area (Å²) in [5, 5.41) is 17.8. The Labute approximate surface area is 196 Å². The highest BCUT2D eigenvalue weighted by molar-refractivity contribution is 5.96. The molecule has 2 N–H and O–H groups in total. The van der Waals surface area contributed by atoms with Gasteiger partial charge in [0.15, 0.2) is 6.61 Å². The summed E-state index contributed by atoms with van der Waals surface area (Å²) in [5.41, 5.74) is 3.65. The largest absolute Gasteiger partial charge is 0.393 e. The average molecular weight is 452 g/mol. The van der Waals surface area contributed by atoms with Crippen molar-refractivity contribution in [2.75, 3.05) is 6.61 Å². The molecule has 1 heterocycles. The van der Waals surface area contributed by atoms with Crippen LogP contribution in [0.15, 0.2) is 41.2 Å². The van der Waals surface area contributed by atoms with Gasteiger partial charge in [-0.25, -0.2) is 0 Å². The van der Waals surface area contributed by atoms with Crippen LogP contribution in [0.4, 0.5) is 0 Å². The Kier molecular flexibility index (Phi) is 6.06. The molecular formula is C27H37N3O3. The first-order chi connectivity index (χ1) is 15.9. The Hall–Kier alpha value is -2.21. The maximum absolute atomic E-state index is 12.1. The topological polar surface area (TPSA) is 83.8 Å². The minimum atomic E-state index is -0.192. The van der Waals surface area contributed by atoms with Crippen molar-refractivity contribution in [2.24, 2.45) is 33.7 Å². The monoisotopic (exact) mass is 451 g/mol. The maximum Gasteiger partial charge on any atom is 0.261 e. The van der Waals surface area contributed by atoms with Crippen LogP contribution in [0.25, 0.3) is 0 Å². The number of carbonyl (C=O) groups is 1. The van der Waals surface area contributed by atoms with Gasteiger partial charge in [0.25, 0.3) is 5.91 Å².